The fourth-order valence-corrected chi connectivity index (χ4v) is 3.70. The van der Waals surface area contributed by atoms with Gasteiger partial charge in [0.15, 0.2) is 0 Å². The Bertz CT molecular complexity index is 457. The first-order valence-electron chi connectivity index (χ1n) is 7.47. The van der Waals surface area contributed by atoms with Crippen LogP contribution in [0.1, 0.15) is 63.4 Å². The molecule has 2 aliphatic rings. The quantitative estimate of drug-likeness (QED) is 0.889. The van der Waals surface area contributed by atoms with Crippen LogP contribution in [0, 0.1) is 5.41 Å². The third kappa shape index (κ3) is 2.34. The van der Waals surface area contributed by atoms with Crippen molar-refractivity contribution in [2.45, 2.75) is 64.7 Å². The van der Waals surface area contributed by atoms with E-state index < -0.39 is 0 Å². The maximum absolute atomic E-state index is 10.3. The normalized spacial score (nSPS) is 31.2. The van der Waals surface area contributed by atoms with Gasteiger partial charge in [0.1, 0.15) is 0 Å². The number of rotatable bonds is 2. The Balaban J connectivity index is 1.92. The summed E-state index contributed by atoms with van der Waals surface area (Å²) in [4.78, 5) is 0. The molecular weight excluding hydrogens is 238 g/mol. The molecule has 1 aromatic rings. The Labute approximate surface area is 115 Å². The molecule has 0 spiro atoms. The van der Waals surface area contributed by atoms with Gasteiger partial charge in [-0.05, 0) is 44.1 Å². The molecule has 106 valence electrons. The molecule has 0 radical (unpaired) electrons. The van der Waals surface area contributed by atoms with Gasteiger partial charge in [0.05, 0.1) is 18.2 Å². The molecule has 1 N–H and O–H groups in total. The van der Waals surface area contributed by atoms with Crippen LogP contribution in [0.15, 0.2) is 12.3 Å². The highest BCUT2D eigenvalue weighted by Gasteiger charge is 2.35. The average Bonchev–Trinajstić information content (AvgIpc) is 2.94. The minimum Gasteiger partial charge on any atom is -0.388 e. The van der Waals surface area contributed by atoms with Crippen LogP contribution in [0.2, 0.25) is 0 Å². The molecule has 3 rings (SSSR count). The Morgan fingerprint density at radius 3 is 2.95 bits per heavy atom. The largest absolute Gasteiger partial charge is 0.388 e. The summed E-state index contributed by atoms with van der Waals surface area (Å²) in [7, 11) is 0. The fraction of sp³-hybridized carbons (Fsp3) is 0.750. The van der Waals surface area contributed by atoms with Gasteiger partial charge in [-0.2, -0.15) is 0 Å². The zero-order valence-electron chi connectivity index (χ0n) is 12.2. The van der Waals surface area contributed by atoms with E-state index in [1.807, 2.05) is 0 Å². The number of hydrogen-bond acceptors (Lipinski definition) is 2. The Morgan fingerprint density at radius 1 is 1.47 bits per heavy atom. The highest BCUT2D eigenvalue weighted by atomic mass is 16.5. The second-order valence-electron chi connectivity index (χ2n) is 6.98. The zero-order chi connectivity index (χ0) is 13.6. The standard InChI is InChI=1S/C16H25NO2/c1-11(15-5-4-8-19-15)17-7-6-12-13(17)9-16(2,3)10-14(12)18/h6-7,11,14-15,18H,4-5,8-10H2,1-3H3. The second kappa shape index (κ2) is 4.64. The molecule has 0 saturated carbocycles. The van der Waals surface area contributed by atoms with Crippen LogP contribution in [0.4, 0.5) is 0 Å². The van der Waals surface area contributed by atoms with E-state index >= 15 is 0 Å². The Morgan fingerprint density at radius 2 is 2.26 bits per heavy atom. The highest BCUT2D eigenvalue weighted by Crippen LogP contribution is 2.42. The second-order valence-corrected chi connectivity index (χ2v) is 6.98. The number of ether oxygens (including phenoxy) is 1. The van der Waals surface area contributed by atoms with Crippen molar-refractivity contribution in [2.24, 2.45) is 5.41 Å². The van der Waals surface area contributed by atoms with Gasteiger partial charge < -0.3 is 14.4 Å². The summed E-state index contributed by atoms with van der Waals surface area (Å²) < 4.78 is 8.17. The minimum atomic E-state index is -0.309. The first-order valence-corrected chi connectivity index (χ1v) is 7.47. The average molecular weight is 263 g/mol. The lowest BCUT2D eigenvalue weighted by atomic mass is 9.75. The number of aliphatic hydroxyl groups excluding tert-OH is 1. The van der Waals surface area contributed by atoms with Crippen LogP contribution in [0.3, 0.4) is 0 Å². The number of fused-ring (bicyclic) bond motifs is 1. The van der Waals surface area contributed by atoms with Gasteiger partial charge in [-0.3, -0.25) is 0 Å². The van der Waals surface area contributed by atoms with Crippen LogP contribution in [0.25, 0.3) is 0 Å². The van der Waals surface area contributed by atoms with E-state index in [1.54, 1.807) is 0 Å². The Kier molecular flexibility index (Phi) is 3.22. The molecule has 0 amide bonds. The number of nitrogens with zero attached hydrogens (tertiary/aromatic N) is 1. The van der Waals surface area contributed by atoms with E-state index in [2.05, 4.69) is 37.6 Å². The SMILES string of the molecule is CC(C1CCCO1)n1ccc2c1CC(C)(C)CC2O. The van der Waals surface area contributed by atoms with Gasteiger partial charge in [0.25, 0.3) is 0 Å². The summed E-state index contributed by atoms with van der Waals surface area (Å²) >= 11 is 0. The monoisotopic (exact) mass is 263 g/mol. The van der Waals surface area contributed by atoms with Crippen molar-refractivity contribution in [2.75, 3.05) is 6.61 Å². The predicted octanol–water partition coefficient (Wildman–Crippen LogP) is 3.23. The summed E-state index contributed by atoms with van der Waals surface area (Å²) in [5.74, 6) is 0. The lowest BCUT2D eigenvalue weighted by Gasteiger charge is -2.35. The maximum atomic E-state index is 10.3. The molecular formula is C16H25NO2. The van der Waals surface area contributed by atoms with E-state index in [-0.39, 0.29) is 11.5 Å². The van der Waals surface area contributed by atoms with Gasteiger partial charge in [0, 0.05) is 24.1 Å². The third-order valence-electron chi connectivity index (χ3n) is 4.75. The Hall–Kier alpha value is -0.800. The summed E-state index contributed by atoms with van der Waals surface area (Å²) in [5, 5.41) is 10.3. The van der Waals surface area contributed by atoms with Crippen LogP contribution in [-0.4, -0.2) is 22.4 Å². The van der Waals surface area contributed by atoms with E-state index in [1.165, 1.54) is 12.1 Å². The van der Waals surface area contributed by atoms with Gasteiger partial charge >= 0.3 is 0 Å². The number of aromatic nitrogens is 1. The summed E-state index contributed by atoms with van der Waals surface area (Å²) in [5.41, 5.74) is 2.62. The molecule has 2 heterocycles. The van der Waals surface area contributed by atoms with Crippen LogP contribution in [-0.2, 0) is 11.2 Å². The topological polar surface area (TPSA) is 34.4 Å². The molecule has 0 bridgehead atoms. The van der Waals surface area contributed by atoms with Crippen molar-refractivity contribution in [3.8, 4) is 0 Å². The van der Waals surface area contributed by atoms with E-state index in [0.717, 1.165) is 31.4 Å². The van der Waals surface area contributed by atoms with Crippen molar-refractivity contribution in [1.29, 1.82) is 0 Å². The molecule has 1 aromatic heterocycles. The molecule has 3 heteroatoms. The molecule has 19 heavy (non-hydrogen) atoms. The molecule has 1 aliphatic heterocycles. The molecule has 1 aliphatic carbocycles. The molecule has 3 unspecified atom stereocenters. The molecule has 0 aromatic carbocycles. The van der Waals surface area contributed by atoms with Crippen molar-refractivity contribution in [3.63, 3.8) is 0 Å². The number of hydrogen-bond donors (Lipinski definition) is 1. The minimum absolute atomic E-state index is 0.179. The van der Waals surface area contributed by atoms with Crippen molar-refractivity contribution in [1.82, 2.24) is 4.57 Å². The summed E-state index contributed by atoms with van der Waals surface area (Å²) in [6.45, 7) is 7.62. The fourth-order valence-electron chi connectivity index (χ4n) is 3.70. The first kappa shape index (κ1) is 13.2. The van der Waals surface area contributed by atoms with Crippen molar-refractivity contribution < 1.29 is 9.84 Å². The van der Waals surface area contributed by atoms with E-state index in [4.69, 9.17) is 4.74 Å². The lowest BCUT2D eigenvalue weighted by Crippen LogP contribution is -2.29. The molecule has 1 saturated heterocycles. The molecule has 3 atom stereocenters. The van der Waals surface area contributed by atoms with Crippen LogP contribution < -0.4 is 0 Å². The summed E-state index contributed by atoms with van der Waals surface area (Å²) in [6, 6.07) is 2.47. The maximum Gasteiger partial charge on any atom is 0.0812 e. The predicted molar refractivity (Wildman–Crippen MR) is 75.2 cm³/mol. The zero-order valence-corrected chi connectivity index (χ0v) is 12.2. The van der Waals surface area contributed by atoms with Gasteiger partial charge in [-0.1, -0.05) is 13.8 Å². The smallest absolute Gasteiger partial charge is 0.0812 e. The first-order chi connectivity index (χ1) is 8.98. The van der Waals surface area contributed by atoms with Gasteiger partial charge in [-0.25, -0.2) is 0 Å². The molecule has 1 fully saturated rings. The van der Waals surface area contributed by atoms with Gasteiger partial charge in [0.2, 0.25) is 0 Å². The lowest BCUT2D eigenvalue weighted by molar-refractivity contribution is 0.0677. The van der Waals surface area contributed by atoms with E-state index in [0.29, 0.717) is 12.1 Å². The third-order valence-corrected chi connectivity index (χ3v) is 4.75. The van der Waals surface area contributed by atoms with E-state index in [9.17, 15) is 5.11 Å². The van der Waals surface area contributed by atoms with Crippen molar-refractivity contribution in [3.05, 3.63) is 23.5 Å². The van der Waals surface area contributed by atoms with Gasteiger partial charge in [-0.15, -0.1) is 0 Å². The summed E-state index contributed by atoms with van der Waals surface area (Å²) in [6.07, 6.45) is 6.39. The van der Waals surface area contributed by atoms with Crippen molar-refractivity contribution >= 4 is 0 Å². The van der Waals surface area contributed by atoms with Crippen LogP contribution >= 0.6 is 0 Å². The molecule has 3 nitrogen and oxygen atoms in total. The van der Waals surface area contributed by atoms with Crippen LogP contribution in [0.5, 0.6) is 0 Å². The highest BCUT2D eigenvalue weighted by molar-refractivity contribution is 5.29. The number of aliphatic hydroxyl groups is 1.